The van der Waals surface area contributed by atoms with Crippen LogP contribution in [0.15, 0.2) is 23.1 Å². The molecule has 1 spiro atoms. The summed E-state index contributed by atoms with van der Waals surface area (Å²) in [4.78, 5) is 0.296. The Balaban J connectivity index is 1.62. The van der Waals surface area contributed by atoms with E-state index in [2.05, 4.69) is 4.72 Å². The van der Waals surface area contributed by atoms with Gasteiger partial charge in [0.1, 0.15) is 0 Å². The third-order valence-corrected chi connectivity index (χ3v) is 5.99. The van der Waals surface area contributed by atoms with Gasteiger partial charge in [0.2, 0.25) is 10.0 Å². The highest BCUT2D eigenvalue weighted by atomic mass is 32.2. The molecular weight excluding hydrogens is 302 g/mol. The van der Waals surface area contributed by atoms with Crippen molar-refractivity contribution in [3.05, 3.63) is 29.3 Å². The Morgan fingerprint density at radius 2 is 1.95 bits per heavy atom. The van der Waals surface area contributed by atoms with E-state index in [0.29, 0.717) is 11.5 Å². The average molecular weight is 325 g/mol. The smallest absolute Gasteiger partial charge is 0.240 e. The summed E-state index contributed by atoms with van der Waals surface area (Å²) >= 11 is 0. The minimum Gasteiger partial charge on any atom is -0.347 e. The Morgan fingerprint density at radius 1 is 1.23 bits per heavy atom. The molecule has 2 fully saturated rings. The minimum absolute atomic E-state index is 0.209. The second-order valence-electron chi connectivity index (χ2n) is 6.27. The van der Waals surface area contributed by atoms with Crippen molar-refractivity contribution in [2.45, 2.75) is 56.3 Å². The summed E-state index contributed by atoms with van der Waals surface area (Å²) in [5.74, 6) is -0.448. The third-order valence-electron chi connectivity index (χ3n) is 4.57. The highest BCUT2D eigenvalue weighted by molar-refractivity contribution is 7.89. The maximum Gasteiger partial charge on any atom is 0.240 e. The van der Waals surface area contributed by atoms with Crippen molar-refractivity contribution >= 4 is 10.0 Å². The fourth-order valence-corrected chi connectivity index (χ4v) is 4.21. The SMILES string of the molecule is Cc1ccc(S(=O)(=O)NCC2COC3(CCCC3)O2)cc1C. The van der Waals surface area contributed by atoms with Crippen molar-refractivity contribution in [1.29, 1.82) is 0 Å². The summed E-state index contributed by atoms with van der Waals surface area (Å²) in [7, 11) is -3.51. The Morgan fingerprint density at radius 3 is 2.64 bits per heavy atom. The number of benzene rings is 1. The lowest BCUT2D eigenvalue weighted by molar-refractivity contribution is -0.160. The largest absolute Gasteiger partial charge is 0.347 e. The molecule has 1 aromatic rings. The summed E-state index contributed by atoms with van der Waals surface area (Å²) in [6.45, 7) is 4.57. The summed E-state index contributed by atoms with van der Waals surface area (Å²) in [6.07, 6.45) is 3.84. The van der Waals surface area contributed by atoms with E-state index in [1.165, 1.54) is 0 Å². The number of sulfonamides is 1. The van der Waals surface area contributed by atoms with Crippen LogP contribution in [0.1, 0.15) is 36.8 Å². The van der Waals surface area contributed by atoms with Gasteiger partial charge in [0.05, 0.1) is 17.6 Å². The molecule has 1 N–H and O–H groups in total. The number of nitrogens with one attached hydrogen (secondary N) is 1. The van der Waals surface area contributed by atoms with Crippen molar-refractivity contribution < 1.29 is 17.9 Å². The molecule has 1 saturated heterocycles. The van der Waals surface area contributed by atoms with Gasteiger partial charge in [-0.05, 0) is 49.9 Å². The van der Waals surface area contributed by atoms with Crippen LogP contribution in [0.3, 0.4) is 0 Å². The number of hydrogen-bond donors (Lipinski definition) is 1. The van der Waals surface area contributed by atoms with Crippen LogP contribution in [-0.2, 0) is 19.5 Å². The Hall–Kier alpha value is -0.950. The molecule has 0 aromatic heterocycles. The molecule has 6 heteroatoms. The molecule has 1 aromatic carbocycles. The fraction of sp³-hybridized carbons (Fsp3) is 0.625. The van der Waals surface area contributed by atoms with Gasteiger partial charge in [0.15, 0.2) is 5.79 Å². The lowest BCUT2D eigenvalue weighted by Crippen LogP contribution is -2.35. The number of rotatable bonds is 4. The van der Waals surface area contributed by atoms with Crippen molar-refractivity contribution in [2.75, 3.05) is 13.2 Å². The number of ether oxygens (including phenoxy) is 2. The molecule has 1 aliphatic heterocycles. The Bertz CT molecular complexity index is 650. The van der Waals surface area contributed by atoms with Gasteiger partial charge in [-0.15, -0.1) is 0 Å². The Labute approximate surface area is 132 Å². The van der Waals surface area contributed by atoms with Gasteiger partial charge in [-0.25, -0.2) is 13.1 Å². The van der Waals surface area contributed by atoms with E-state index in [-0.39, 0.29) is 12.6 Å². The molecule has 1 saturated carbocycles. The molecule has 1 heterocycles. The fourth-order valence-electron chi connectivity index (χ4n) is 3.06. The van der Waals surface area contributed by atoms with E-state index in [1.54, 1.807) is 12.1 Å². The minimum atomic E-state index is -3.51. The maximum atomic E-state index is 12.4. The standard InChI is InChI=1S/C16H23NO4S/c1-12-5-6-15(9-13(12)2)22(18,19)17-10-14-11-20-16(21-14)7-3-4-8-16/h5-6,9,14,17H,3-4,7-8,10-11H2,1-2H3. The number of hydrogen-bond acceptors (Lipinski definition) is 4. The van der Waals surface area contributed by atoms with E-state index >= 15 is 0 Å². The van der Waals surface area contributed by atoms with E-state index in [4.69, 9.17) is 9.47 Å². The van der Waals surface area contributed by atoms with E-state index in [0.717, 1.165) is 36.8 Å². The molecule has 5 nitrogen and oxygen atoms in total. The quantitative estimate of drug-likeness (QED) is 0.922. The highest BCUT2D eigenvalue weighted by Gasteiger charge is 2.43. The first-order valence-corrected chi connectivity index (χ1v) is 9.27. The van der Waals surface area contributed by atoms with Gasteiger partial charge in [-0.3, -0.25) is 0 Å². The van der Waals surface area contributed by atoms with E-state index in [1.807, 2.05) is 19.9 Å². The molecule has 1 unspecified atom stereocenters. The van der Waals surface area contributed by atoms with Crippen LogP contribution in [-0.4, -0.2) is 33.5 Å². The molecule has 3 rings (SSSR count). The van der Waals surface area contributed by atoms with Gasteiger partial charge in [0, 0.05) is 19.4 Å². The van der Waals surface area contributed by atoms with Gasteiger partial charge >= 0.3 is 0 Å². The van der Waals surface area contributed by atoms with Crippen LogP contribution in [0.2, 0.25) is 0 Å². The second kappa shape index (κ2) is 5.92. The summed E-state index contributed by atoms with van der Waals surface area (Å²) in [6, 6.07) is 5.16. The first kappa shape index (κ1) is 15.9. The van der Waals surface area contributed by atoms with Crippen molar-refractivity contribution in [2.24, 2.45) is 0 Å². The predicted octanol–water partition coefficient (Wildman–Crippen LogP) is 2.27. The monoisotopic (exact) mass is 325 g/mol. The topological polar surface area (TPSA) is 64.6 Å². The van der Waals surface area contributed by atoms with Gasteiger partial charge in [0.25, 0.3) is 0 Å². The van der Waals surface area contributed by atoms with Crippen LogP contribution in [0, 0.1) is 13.8 Å². The maximum absolute atomic E-state index is 12.4. The van der Waals surface area contributed by atoms with E-state index in [9.17, 15) is 8.42 Å². The van der Waals surface area contributed by atoms with Crippen LogP contribution >= 0.6 is 0 Å². The lowest BCUT2D eigenvalue weighted by atomic mass is 10.1. The zero-order valence-corrected chi connectivity index (χ0v) is 13.9. The first-order valence-electron chi connectivity index (χ1n) is 7.79. The molecule has 2 aliphatic rings. The highest BCUT2D eigenvalue weighted by Crippen LogP contribution is 2.39. The predicted molar refractivity (Wildman–Crippen MR) is 83.1 cm³/mol. The molecule has 1 atom stereocenters. The second-order valence-corrected chi connectivity index (χ2v) is 8.03. The van der Waals surface area contributed by atoms with Gasteiger partial charge in [-0.2, -0.15) is 0 Å². The molecule has 122 valence electrons. The summed E-state index contributed by atoms with van der Waals surface area (Å²) in [5, 5.41) is 0. The number of aryl methyl sites for hydroxylation is 2. The third kappa shape index (κ3) is 3.20. The van der Waals surface area contributed by atoms with Crippen molar-refractivity contribution in [1.82, 2.24) is 4.72 Å². The molecule has 0 radical (unpaired) electrons. The van der Waals surface area contributed by atoms with Gasteiger partial charge < -0.3 is 9.47 Å². The average Bonchev–Trinajstić information content (AvgIpc) is 3.10. The zero-order valence-electron chi connectivity index (χ0n) is 13.1. The Kier molecular flexibility index (Phi) is 4.29. The molecular formula is C16H23NO4S. The zero-order chi connectivity index (χ0) is 15.8. The lowest BCUT2D eigenvalue weighted by Gasteiger charge is -2.22. The van der Waals surface area contributed by atoms with Crippen molar-refractivity contribution in [3.63, 3.8) is 0 Å². The molecule has 0 bridgehead atoms. The molecule has 22 heavy (non-hydrogen) atoms. The molecule has 1 aliphatic carbocycles. The summed E-state index contributed by atoms with van der Waals surface area (Å²) < 4.78 is 39.1. The molecule has 0 amide bonds. The first-order chi connectivity index (χ1) is 10.4. The summed E-state index contributed by atoms with van der Waals surface area (Å²) in [5.41, 5.74) is 2.04. The normalized spacial score (nSPS) is 24.2. The van der Waals surface area contributed by atoms with Gasteiger partial charge in [-0.1, -0.05) is 6.07 Å². The van der Waals surface area contributed by atoms with Crippen molar-refractivity contribution in [3.8, 4) is 0 Å². The van der Waals surface area contributed by atoms with Crippen LogP contribution < -0.4 is 4.72 Å². The van der Waals surface area contributed by atoms with E-state index < -0.39 is 15.8 Å². The van der Waals surface area contributed by atoms with Crippen LogP contribution in [0.4, 0.5) is 0 Å². The van der Waals surface area contributed by atoms with Crippen LogP contribution in [0.25, 0.3) is 0 Å². The van der Waals surface area contributed by atoms with Crippen LogP contribution in [0.5, 0.6) is 0 Å².